The predicted molar refractivity (Wildman–Crippen MR) is 68.5 cm³/mol. The van der Waals surface area contributed by atoms with E-state index >= 15 is 0 Å². The Labute approximate surface area is 107 Å². The van der Waals surface area contributed by atoms with Crippen LogP contribution in [-0.2, 0) is 0 Å². The summed E-state index contributed by atoms with van der Waals surface area (Å²) < 4.78 is 13.4. The molecule has 4 N–H and O–H groups in total. The van der Waals surface area contributed by atoms with Crippen molar-refractivity contribution in [2.45, 2.75) is 25.3 Å². The number of halogens is 3. The predicted octanol–water partition coefficient (Wildman–Crippen LogP) is 3.03. The second-order valence-corrected chi connectivity index (χ2v) is 3.99. The van der Waals surface area contributed by atoms with Gasteiger partial charge in [-0.25, -0.2) is 4.39 Å². The van der Waals surface area contributed by atoms with Crippen LogP contribution in [0.5, 0.6) is 0 Å². The summed E-state index contributed by atoms with van der Waals surface area (Å²) in [6.45, 7) is 0.644. The van der Waals surface area contributed by atoms with Gasteiger partial charge in [0, 0.05) is 16.6 Å². The molecule has 0 aromatic heterocycles. The molecule has 92 valence electrons. The minimum absolute atomic E-state index is 0. The van der Waals surface area contributed by atoms with Gasteiger partial charge in [0.05, 0.1) is 0 Å². The molecule has 1 aromatic rings. The standard InChI is InChI=1S/C11H16ClFN2.ClH/c12-8-4-5-10(13)9(7-8)11(15)3-1-2-6-14;/h4-5,7,11H,1-3,6,14-15H2;1H/t11-;/m1./s1. The fourth-order valence-electron chi connectivity index (χ4n) is 1.46. The molecule has 1 rings (SSSR count). The summed E-state index contributed by atoms with van der Waals surface area (Å²) in [5.74, 6) is -0.292. The van der Waals surface area contributed by atoms with Gasteiger partial charge in [-0.15, -0.1) is 12.4 Å². The molecule has 0 aliphatic carbocycles. The average Bonchev–Trinajstić information content (AvgIpc) is 2.22. The Balaban J connectivity index is 0.00000225. The molecule has 0 saturated carbocycles. The van der Waals surface area contributed by atoms with Crippen molar-refractivity contribution in [3.8, 4) is 0 Å². The Hall–Kier alpha value is -0.350. The molecular weight excluding hydrogens is 250 g/mol. The molecule has 1 atom stereocenters. The van der Waals surface area contributed by atoms with Crippen LogP contribution in [0.3, 0.4) is 0 Å². The van der Waals surface area contributed by atoms with Crippen molar-refractivity contribution in [1.82, 2.24) is 0 Å². The molecule has 0 unspecified atom stereocenters. The highest BCUT2D eigenvalue weighted by Crippen LogP contribution is 2.23. The monoisotopic (exact) mass is 266 g/mol. The van der Waals surface area contributed by atoms with Crippen LogP contribution in [0.4, 0.5) is 4.39 Å². The zero-order valence-corrected chi connectivity index (χ0v) is 10.5. The van der Waals surface area contributed by atoms with Gasteiger partial charge < -0.3 is 11.5 Å². The van der Waals surface area contributed by atoms with Crippen molar-refractivity contribution in [2.24, 2.45) is 11.5 Å². The van der Waals surface area contributed by atoms with Crippen LogP contribution in [0.2, 0.25) is 5.02 Å². The van der Waals surface area contributed by atoms with E-state index in [0.29, 0.717) is 17.1 Å². The van der Waals surface area contributed by atoms with E-state index in [9.17, 15) is 4.39 Å². The minimum atomic E-state index is -0.296. The van der Waals surface area contributed by atoms with Gasteiger partial charge in [-0.05, 0) is 37.6 Å². The molecule has 0 spiro atoms. The molecule has 0 saturated heterocycles. The first-order chi connectivity index (χ1) is 7.15. The van der Waals surface area contributed by atoms with Gasteiger partial charge in [0.2, 0.25) is 0 Å². The summed E-state index contributed by atoms with van der Waals surface area (Å²) in [6.07, 6.45) is 2.55. The lowest BCUT2D eigenvalue weighted by molar-refractivity contribution is 0.543. The van der Waals surface area contributed by atoms with Gasteiger partial charge in [0.1, 0.15) is 5.82 Å². The Bertz CT molecular complexity index is 321. The third-order valence-corrected chi connectivity index (χ3v) is 2.56. The first kappa shape index (κ1) is 15.7. The number of benzene rings is 1. The van der Waals surface area contributed by atoms with Crippen molar-refractivity contribution in [1.29, 1.82) is 0 Å². The molecule has 0 fully saturated rings. The molecule has 0 aliphatic rings. The summed E-state index contributed by atoms with van der Waals surface area (Å²) >= 11 is 5.78. The molecule has 0 radical (unpaired) electrons. The summed E-state index contributed by atoms with van der Waals surface area (Å²) in [7, 11) is 0. The topological polar surface area (TPSA) is 52.0 Å². The van der Waals surface area contributed by atoms with Crippen molar-refractivity contribution in [3.05, 3.63) is 34.6 Å². The first-order valence-corrected chi connectivity index (χ1v) is 5.43. The van der Waals surface area contributed by atoms with Gasteiger partial charge in [0.15, 0.2) is 0 Å². The molecule has 1 aromatic carbocycles. The SMILES string of the molecule is Cl.NCCCC[C@@H](N)c1cc(Cl)ccc1F. The maximum Gasteiger partial charge on any atom is 0.128 e. The van der Waals surface area contributed by atoms with Crippen LogP contribution in [0.15, 0.2) is 18.2 Å². The molecule has 5 heteroatoms. The van der Waals surface area contributed by atoms with Gasteiger partial charge in [-0.2, -0.15) is 0 Å². The van der Waals surface area contributed by atoms with Gasteiger partial charge in [-0.1, -0.05) is 18.0 Å². The van der Waals surface area contributed by atoms with Crippen LogP contribution >= 0.6 is 24.0 Å². The largest absolute Gasteiger partial charge is 0.330 e. The number of hydrogen-bond donors (Lipinski definition) is 2. The highest BCUT2D eigenvalue weighted by atomic mass is 35.5. The van der Waals surface area contributed by atoms with E-state index in [1.54, 1.807) is 6.07 Å². The van der Waals surface area contributed by atoms with E-state index in [4.69, 9.17) is 23.1 Å². The van der Waals surface area contributed by atoms with Gasteiger partial charge in [-0.3, -0.25) is 0 Å². The maximum atomic E-state index is 13.4. The number of rotatable bonds is 5. The summed E-state index contributed by atoms with van der Waals surface area (Å²) in [5.41, 5.74) is 11.7. The average molecular weight is 267 g/mol. The Morgan fingerprint density at radius 1 is 1.31 bits per heavy atom. The fourth-order valence-corrected chi connectivity index (χ4v) is 1.64. The van der Waals surface area contributed by atoms with E-state index in [1.807, 2.05) is 0 Å². The van der Waals surface area contributed by atoms with Crippen LogP contribution in [0.25, 0.3) is 0 Å². The smallest absolute Gasteiger partial charge is 0.128 e. The Morgan fingerprint density at radius 2 is 2.00 bits per heavy atom. The van der Waals surface area contributed by atoms with Crippen molar-refractivity contribution in [3.63, 3.8) is 0 Å². The lowest BCUT2D eigenvalue weighted by Gasteiger charge is -2.12. The summed E-state index contributed by atoms with van der Waals surface area (Å²) in [5, 5.41) is 0.515. The van der Waals surface area contributed by atoms with E-state index in [-0.39, 0.29) is 24.3 Å². The quantitative estimate of drug-likeness (QED) is 0.806. The summed E-state index contributed by atoms with van der Waals surface area (Å²) in [6, 6.07) is 4.16. The fraction of sp³-hybridized carbons (Fsp3) is 0.455. The summed E-state index contributed by atoms with van der Waals surface area (Å²) in [4.78, 5) is 0. The van der Waals surface area contributed by atoms with Crippen molar-refractivity contribution >= 4 is 24.0 Å². The molecule has 0 amide bonds. The molecular formula is C11H17Cl2FN2. The number of unbranched alkanes of at least 4 members (excludes halogenated alkanes) is 1. The normalized spacial score (nSPS) is 12.0. The lowest BCUT2D eigenvalue weighted by atomic mass is 10.0. The molecule has 16 heavy (non-hydrogen) atoms. The van der Waals surface area contributed by atoms with E-state index in [1.165, 1.54) is 12.1 Å². The number of hydrogen-bond acceptors (Lipinski definition) is 2. The number of nitrogens with two attached hydrogens (primary N) is 2. The molecule has 0 aliphatic heterocycles. The molecule has 0 heterocycles. The van der Waals surface area contributed by atoms with Crippen LogP contribution < -0.4 is 11.5 Å². The highest BCUT2D eigenvalue weighted by Gasteiger charge is 2.11. The molecule has 0 bridgehead atoms. The van der Waals surface area contributed by atoms with Gasteiger partial charge >= 0.3 is 0 Å². The van der Waals surface area contributed by atoms with Crippen molar-refractivity contribution in [2.75, 3.05) is 6.54 Å². The Kier molecular flexibility index (Phi) is 7.68. The van der Waals surface area contributed by atoms with Gasteiger partial charge in [0.25, 0.3) is 0 Å². The second kappa shape index (κ2) is 7.85. The minimum Gasteiger partial charge on any atom is -0.330 e. The molecule has 2 nitrogen and oxygen atoms in total. The zero-order valence-electron chi connectivity index (χ0n) is 8.96. The van der Waals surface area contributed by atoms with Crippen LogP contribution in [-0.4, -0.2) is 6.54 Å². The van der Waals surface area contributed by atoms with E-state index in [2.05, 4.69) is 0 Å². The Morgan fingerprint density at radius 3 is 2.62 bits per heavy atom. The van der Waals surface area contributed by atoms with Crippen LogP contribution in [0, 0.1) is 5.82 Å². The zero-order chi connectivity index (χ0) is 11.3. The first-order valence-electron chi connectivity index (χ1n) is 5.05. The third-order valence-electron chi connectivity index (χ3n) is 2.33. The maximum absolute atomic E-state index is 13.4. The van der Waals surface area contributed by atoms with Crippen LogP contribution in [0.1, 0.15) is 30.9 Å². The lowest BCUT2D eigenvalue weighted by Crippen LogP contribution is -2.12. The third kappa shape index (κ3) is 4.66. The van der Waals surface area contributed by atoms with Crippen molar-refractivity contribution < 1.29 is 4.39 Å². The highest BCUT2D eigenvalue weighted by molar-refractivity contribution is 6.30. The second-order valence-electron chi connectivity index (χ2n) is 3.56. The van der Waals surface area contributed by atoms with E-state index in [0.717, 1.165) is 19.3 Å². The van der Waals surface area contributed by atoms with E-state index < -0.39 is 0 Å².